The number of aromatic hydroxyl groups is 2. The third kappa shape index (κ3) is 3.74. The fourth-order valence-electron chi connectivity index (χ4n) is 2.15. The Hall–Kier alpha value is -1.22. The van der Waals surface area contributed by atoms with Gasteiger partial charge in [-0.15, -0.1) is 0 Å². The molecule has 0 radical (unpaired) electrons. The van der Waals surface area contributed by atoms with Crippen LogP contribution in [0.1, 0.15) is 32.8 Å². The molecule has 0 heterocycles. The van der Waals surface area contributed by atoms with Gasteiger partial charge < -0.3 is 15.9 Å². The fraction of sp³-hybridized carbons (Fsp3) is 0.538. The van der Waals surface area contributed by atoms with Crippen molar-refractivity contribution in [2.24, 2.45) is 11.7 Å². The topological polar surface area (TPSA) is 66.5 Å². The number of rotatable bonds is 4. The molecule has 0 saturated heterocycles. The zero-order valence-electron chi connectivity index (χ0n) is 10.2. The van der Waals surface area contributed by atoms with E-state index < -0.39 is 0 Å². The summed E-state index contributed by atoms with van der Waals surface area (Å²) in [4.78, 5) is 0. The number of hydrogen-bond donors (Lipinski definition) is 3. The molecule has 1 atom stereocenters. The van der Waals surface area contributed by atoms with Crippen LogP contribution in [0.25, 0.3) is 0 Å². The van der Waals surface area contributed by atoms with Gasteiger partial charge in [-0.05, 0) is 43.4 Å². The second-order valence-electron chi connectivity index (χ2n) is 5.25. The lowest BCUT2D eigenvalue weighted by atomic mass is 9.86. The van der Waals surface area contributed by atoms with Crippen LogP contribution >= 0.6 is 0 Å². The lowest BCUT2D eigenvalue weighted by Crippen LogP contribution is -2.39. The quantitative estimate of drug-likeness (QED) is 0.687. The van der Waals surface area contributed by atoms with Crippen LogP contribution in [-0.4, -0.2) is 15.8 Å². The highest BCUT2D eigenvalue weighted by molar-refractivity contribution is 5.40. The van der Waals surface area contributed by atoms with E-state index in [9.17, 15) is 10.2 Å². The lowest BCUT2D eigenvalue weighted by Gasteiger charge is -2.26. The first kappa shape index (κ1) is 12.8. The van der Waals surface area contributed by atoms with Gasteiger partial charge in [-0.2, -0.15) is 0 Å². The molecule has 0 bridgehead atoms. The van der Waals surface area contributed by atoms with Gasteiger partial charge in [0.1, 0.15) is 0 Å². The van der Waals surface area contributed by atoms with E-state index in [1.165, 1.54) is 6.07 Å². The Bertz CT molecular complexity index is 359. The number of phenols is 2. The van der Waals surface area contributed by atoms with E-state index in [-0.39, 0.29) is 17.0 Å². The highest BCUT2D eigenvalue weighted by atomic mass is 16.3. The molecule has 1 aromatic rings. The molecule has 0 aromatic heterocycles. The Morgan fingerprint density at radius 3 is 2.38 bits per heavy atom. The van der Waals surface area contributed by atoms with Gasteiger partial charge in [-0.25, -0.2) is 0 Å². The number of benzene rings is 1. The zero-order chi connectivity index (χ0) is 12.3. The molecule has 0 spiro atoms. The molecular formula is C13H21NO2. The van der Waals surface area contributed by atoms with E-state index in [1.807, 2.05) is 6.92 Å². The second-order valence-corrected chi connectivity index (χ2v) is 5.25. The lowest BCUT2D eigenvalue weighted by molar-refractivity contribution is 0.365. The van der Waals surface area contributed by atoms with Crippen molar-refractivity contribution >= 4 is 0 Å². The van der Waals surface area contributed by atoms with Gasteiger partial charge in [0, 0.05) is 5.54 Å². The van der Waals surface area contributed by atoms with Crippen molar-refractivity contribution in [2.75, 3.05) is 0 Å². The summed E-state index contributed by atoms with van der Waals surface area (Å²) in [7, 11) is 0. The first-order valence-electron chi connectivity index (χ1n) is 5.60. The van der Waals surface area contributed by atoms with Gasteiger partial charge in [-0.1, -0.05) is 19.9 Å². The standard InChI is InChI=1S/C13H21NO2/c1-9(2)7-13(3,14)8-10-4-5-11(15)12(16)6-10/h4-6,9,15-16H,7-8,14H2,1-3H3/t13-/m1/s1. The van der Waals surface area contributed by atoms with Gasteiger partial charge in [0.15, 0.2) is 11.5 Å². The second kappa shape index (κ2) is 4.74. The molecule has 0 unspecified atom stereocenters. The van der Waals surface area contributed by atoms with Crippen LogP contribution in [0.2, 0.25) is 0 Å². The van der Waals surface area contributed by atoms with Crippen molar-refractivity contribution in [3.05, 3.63) is 23.8 Å². The molecule has 3 nitrogen and oxygen atoms in total. The van der Waals surface area contributed by atoms with Crippen molar-refractivity contribution in [3.8, 4) is 11.5 Å². The smallest absolute Gasteiger partial charge is 0.157 e. The predicted molar refractivity (Wildman–Crippen MR) is 65.5 cm³/mol. The summed E-state index contributed by atoms with van der Waals surface area (Å²) in [5.74, 6) is 0.366. The normalized spacial score (nSPS) is 15.1. The summed E-state index contributed by atoms with van der Waals surface area (Å²) >= 11 is 0. The SMILES string of the molecule is CC(C)C[C@@](C)(N)Cc1ccc(O)c(O)c1. The minimum atomic E-state index is -0.280. The Balaban J connectivity index is 2.76. The van der Waals surface area contributed by atoms with Crippen molar-refractivity contribution in [2.45, 2.75) is 39.2 Å². The van der Waals surface area contributed by atoms with Gasteiger partial charge in [0.25, 0.3) is 0 Å². The molecule has 0 aliphatic carbocycles. The van der Waals surface area contributed by atoms with Crippen LogP contribution in [0.4, 0.5) is 0 Å². The maximum absolute atomic E-state index is 9.39. The van der Waals surface area contributed by atoms with Gasteiger partial charge in [0.05, 0.1) is 0 Å². The van der Waals surface area contributed by atoms with E-state index in [4.69, 9.17) is 5.73 Å². The molecule has 0 amide bonds. The van der Waals surface area contributed by atoms with Gasteiger partial charge >= 0.3 is 0 Å². The highest BCUT2D eigenvalue weighted by Crippen LogP contribution is 2.27. The summed E-state index contributed by atoms with van der Waals surface area (Å²) < 4.78 is 0. The molecule has 1 aromatic carbocycles. The molecule has 0 aliphatic heterocycles. The third-order valence-corrected chi connectivity index (χ3v) is 2.52. The van der Waals surface area contributed by atoms with E-state index in [0.29, 0.717) is 12.3 Å². The summed E-state index contributed by atoms with van der Waals surface area (Å²) in [5.41, 5.74) is 6.86. The molecule has 90 valence electrons. The van der Waals surface area contributed by atoms with E-state index >= 15 is 0 Å². The average Bonchev–Trinajstić information content (AvgIpc) is 2.08. The highest BCUT2D eigenvalue weighted by Gasteiger charge is 2.20. The maximum atomic E-state index is 9.39. The van der Waals surface area contributed by atoms with E-state index in [0.717, 1.165) is 12.0 Å². The molecular weight excluding hydrogens is 202 g/mol. The number of phenolic OH excluding ortho intramolecular Hbond substituents is 2. The molecule has 1 rings (SSSR count). The van der Waals surface area contributed by atoms with Crippen molar-refractivity contribution in [1.29, 1.82) is 0 Å². The van der Waals surface area contributed by atoms with Crippen molar-refractivity contribution < 1.29 is 10.2 Å². The molecule has 0 saturated carbocycles. The summed E-state index contributed by atoms with van der Waals surface area (Å²) in [6.45, 7) is 6.29. The van der Waals surface area contributed by atoms with Crippen LogP contribution < -0.4 is 5.73 Å². The van der Waals surface area contributed by atoms with Crippen LogP contribution in [-0.2, 0) is 6.42 Å². The molecule has 3 heteroatoms. The molecule has 16 heavy (non-hydrogen) atoms. The van der Waals surface area contributed by atoms with Crippen LogP contribution in [0.3, 0.4) is 0 Å². The summed E-state index contributed by atoms with van der Waals surface area (Å²) in [6, 6.07) is 4.86. The van der Waals surface area contributed by atoms with Crippen LogP contribution in [0.5, 0.6) is 11.5 Å². The minimum Gasteiger partial charge on any atom is -0.504 e. The van der Waals surface area contributed by atoms with E-state index in [1.54, 1.807) is 12.1 Å². The van der Waals surface area contributed by atoms with Crippen LogP contribution in [0, 0.1) is 5.92 Å². The summed E-state index contributed by atoms with van der Waals surface area (Å²) in [5, 5.41) is 18.6. The Morgan fingerprint density at radius 2 is 1.88 bits per heavy atom. The van der Waals surface area contributed by atoms with Crippen LogP contribution in [0.15, 0.2) is 18.2 Å². The van der Waals surface area contributed by atoms with Gasteiger partial charge in [0.2, 0.25) is 0 Å². The molecule has 0 aliphatic rings. The Kier molecular flexibility index (Phi) is 3.81. The predicted octanol–water partition coefficient (Wildman–Crippen LogP) is 2.40. The minimum absolute atomic E-state index is 0.0853. The average molecular weight is 223 g/mol. The first-order chi connectivity index (χ1) is 7.30. The monoisotopic (exact) mass is 223 g/mol. The maximum Gasteiger partial charge on any atom is 0.157 e. The zero-order valence-corrected chi connectivity index (χ0v) is 10.2. The molecule has 4 N–H and O–H groups in total. The first-order valence-corrected chi connectivity index (χ1v) is 5.60. The third-order valence-electron chi connectivity index (χ3n) is 2.52. The van der Waals surface area contributed by atoms with Crippen molar-refractivity contribution in [3.63, 3.8) is 0 Å². The Morgan fingerprint density at radius 1 is 1.25 bits per heavy atom. The summed E-state index contributed by atoms with van der Waals surface area (Å²) in [6.07, 6.45) is 1.62. The van der Waals surface area contributed by atoms with Gasteiger partial charge in [-0.3, -0.25) is 0 Å². The molecule has 0 fully saturated rings. The fourth-order valence-corrected chi connectivity index (χ4v) is 2.15. The van der Waals surface area contributed by atoms with Crippen molar-refractivity contribution in [1.82, 2.24) is 0 Å². The van der Waals surface area contributed by atoms with E-state index in [2.05, 4.69) is 13.8 Å². The largest absolute Gasteiger partial charge is 0.504 e. The Labute approximate surface area is 96.9 Å². The number of hydrogen-bond acceptors (Lipinski definition) is 3. The number of nitrogens with two attached hydrogens (primary N) is 1.